The molecule has 0 saturated heterocycles. The summed E-state index contributed by atoms with van der Waals surface area (Å²) < 4.78 is 0. The Morgan fingerprint density at radius 3 is 1.93 bits per heavy atom. The van der Waals surface area contributed by atoms with Crippen LogP contribution in [0.4, 0.5) is 0 Å². The Hall–Kier alpha value is -4.84. The van der Waals surface area contributed by atoms with Gasteiger partial charge >= 0.3 is 0 Å². The molecule has 0 radical (unpaired) electrons. The van der Waals surface area contributed by atoms with E-state index in [0.717, 1.165) is 11.5 Å². The number of nitrogens with zero attached hydrogens (tertiary/aromatic N) is 1. The van der Waals surface area contributed by atoms with Gasteiger partial charge in [-0.25, -0.2) is 0 Å². The van der Waals surface area contributed by atoms with Crippen LogP contribution < -0.4 is 0 Å². The van der Waals surface area contributed by atoms with E-state index in [2.05, 4.69) is 140 Å². The van der Waals surface area contributed by atoms with Crippen molar-refractivity contribution in [3.05, 3.63) is 162 Å². The molecule has 0 spiro atoms. The van der Waals surface area contributed by atoms with Crippen molar-refractivity contribution < 1.29 is 0 Å². The lowest BCUT2D eigenvalue weighted by Crippen LogP contribution is -2.10. The summed E-state index contributed by atoms with van der Waals surface area (Å²) in [6.07, 6.45) is 0. The fourth-order valence-electron chi connectivity index (χ4n) is 5.83. The molecule has 0 amide bonds. The zero-order chi connectivity index (χ0) is 27.6. The third-order valence-electron chi connectivity index (χ3n) is 7.85. The average molecular weight is 543 g/mol. The molecule has 0 aliphatic carbocycles. The van der Waals surface area contributed by atoms with Crippen molar-refractivity contribution >= 4 is 43.2 Å². The number of nitriles is 1. The Morgan fingerprint density at radius 2 is 1.15 bits per heavy atom. The monoisotopic (exact) mass is 542 g/mol. The summed E-state index contributed by atoms with van der Waals surface area (Å²) in [6.45, 7) is 0. The first kappa shape index (κ1) is 25.1. The molecule has 1 unspecified atom stereocenters. The Bertz CT molecular complexity index is 2050. The quantitative estimate of drug-likeness (QED) is 0.151. The molecule has 0 aliphatic rings. The summed E-state index contributed by atoms with van der Waals surface area (Å²) in [6, 6.07) is 54.7. The Kier molecular flexibility index (Phi) is 6.73. The molecule has 1 nitrogen and oxygen atoms in total. The van der Waals surface area contributed by atoms with E-state index in [1.54, 1.807) is 0 Å². The van der Waals surface area contributed by atoms with E-state index >= 15 is 0 Å². The van der Waals surface area contributed by atoms with Crippen LogP contribution in [0, 0.1) is 11.3 Å². The van der Waals surface area contributed by atoms with Gasteiger partial charge in [0.1, 0.15) is 11.5 Å². The van der Waals surface area contributed by atoms with Crippen molar-refractivity contribution in [2.24, 2.45) is 0 Å². The van der Waals surface area contributed by atoms with Crippen LogP contribution in [0.1, 0.15) is 16.7 Å². The summed E-state index contributed by atoms with van der Waals surface area (Å²) in [7, 11) is -0.0550. The van der Waals surface area contributed by atoms with Crippen LogP contribution in [-0.2, 0) is 22.4 Å². The molecule has 7 rings (SSSR count). The number of hydrogen-bond donors (Lipinski definition) is 0. The lowest BCUT2D eigenvalue weighted by atomic mass is 9.89. The van der Waals surface area contributed by atoms with Gasteiger partial charge in [0.05, 0.1) is 11.6 Å². The minimum atomic E-state index is -0.0550. The molecule has 7 aromatic rings. The molecular formula is C39H28NS+. The van der Waals surface area contributed by atoms with Gasteiger partial charge in [0, 0.05) is 22.0 Å². The lowest BCUT2D eigenvalue weighted by molar-refractivity contribution is 1.29. The summed E-state index contributed by atoms with van der Waals surface area (Å²) in [5.74, 6) is 1.88. The molecule has 7 aromatic carbocycles. The topological polar surface area (TPSA) is 23.8 Å². The van der Waals surface area contributed by atoms with Crippen molar-refractivity contribution in [2.75, 3.05) is 0 Å². The van der Waals surface area contributed by atoms with Gasteiger partial charge in [0.2, 0.25) is 0 Å². The maximum Gasteiger partial charge on any atom is 0.155 e. The van der Waals surface area contributed by atoms with Gasteiger partial charge in [-0.1, -0.05) is 103 Å². The molecule has 41 heavy (non-hydrogen) atoms. The van der Waals surface area contributed by atoms with Crippen LogP contribution in [-0.4, -0.2) is 0 Å². The number of hydrogen-bond acceptors (Lipinski definition) is 1. The second-order valence-corrected chi connectivity index (χ2v) is 12.5. The second-order valence-electron chi connectivity index (χ2n) is 10.5. The molecule has 1 atom stereocenters. The van der Waals surface area contributed by atoms with E-state index in [-0.39, 0.29) is 10.9 Å². The van der Waals surface area contributed by atoms with E-state index in [1.165, 1.54) is 59.5 Å². The minimum absolute atomic E-state index is 0.0550. The smallest absolute Gasteiger partial charge is 0.155 e. The molecular weight excluding hydrogens is 515 g/mol. The van der Waals surface area contributed by atoms with E-state index in [4.69, 9.17) is 0 Å². The molecule has 0 aliphatic heterocycles. The Morgan fingerprint density at radius 1 is 0.512 bits per heavy atom. The molecule has 0 saturated carbocycles. The highest BCUT2D eigenvalue weighted by atomic mass is 32.2. The Labute approximate surface area is 243 Å². The van der Waals surface area contributed by atoms with Gasteiger partial charge in [-0.3, -0.25) is 0 Å². The lowest BCUT2D eigenvalue weighted by Gasteiger charge is -2.17. The van der Waals surface area contributed by atoms with Gasteiger partial charge < -0.3 is 0 Å². The van der Waals surface area contributed by atoms with E-state index in [0.29, 0.717) is 5.56 Å². The van der Waals surface area contributed by atoms with Crippen LogP contribution >= 0.6 is 0 Å². The van der Waals surface area contributed by atoms with Gasteiger partial charge in [-0.15, -0.1) is 0 Å². The maximum atomic E-state index is 9.28. The highest BCUT2D eigenvalue weighted by molar-refractivity contribution is 7.95. The molecule has 0 N–H and O–H groups in total. The van der Waals surface area contributed by atoms with E-state index in [9.17, 15) is 5.26 Å². The first-order valence-corrected chi connectivity index (χ1v) is 15.5. The largest absolute Gasteiger partial charge is 0.192 e. The van der Waals surface area contributed by atoms with Gasteiger partial charge in [-0.05, 0) is 85.9 Å². The summed E-state index contributed by atoms with van der Waals surface area (Å²) in [5.41, 5.74) is 5.94. The normalized spacial score (nSPS) is 12.0. The number of benzene rings is 7. The molecule has 194 valence electrons. The minimum Gasteiger partial charge on any atom is -0.192 e. The zero-order valence-corrected chi connectivity index (χ0v) is 23.4. The van der Waals surface area contributed by atoms with Gasteiger partial charge in [0.15, 0.2) is 4.90 Å². The zero-order valence-electron chi connectivity index (χ0n) is 22.6. The summed E-state index contributed by atoms with van der Waals surface area (Å²) in [5, 5.41) is 16.9. The van der Waals surface area contributed by atoms with Crippen LogP contribution in [0.25, 0.3) is 43.4 Å². The van der Waals surface area contributed by atoms with E-state index < -0.39 is 0 Å². The summed E-state index contributed by atoms with van der Waals surface area (Å²) >= 11 is 0. The summed E-state index contributed by atoms with van der Waals surface area (Å²) in [4.78, 5) is 1.36. The van der Waals surface area contributed by atoms with Crippen LogP contribution in [0.15, 0.2) is 150 Å². The average Bonchev–Trinajstić information content (AvgIpc) is 3.03. The predicted octanol–water partition coefficient (Wildman–Crippen LogP) is 10.1. The van der Waals surface area contributed by atoms with Crippen molar-refractivity contribution in [1.82, 2.24) is 0 Å². The van der Waals surface area contributed by atoms with Crippen molar-refractivity contribution in [3.8, 4) is 17.2 Å². The molecule has 0 aromatic heterocycles. The third-order valence-corrected chi connectivity index (χ3v) is 10.1. The third kappa shape index (κ3) is 4.97. The number of fused-ring (bicyclic) bond motifs is 3. The SMILES string of the molecule is N#Cc1ccc(C[S+](Cc2ccccc2-c2c3ccccc3cc3cc4ccccc4cc23)c2ccccc2)cc1. The van der Waals surface area contributed by atoms with Crippen molar-refractivity contribution in [3.63, 3.8) is 0 Å². The Balaban J connectivity index is 1.40. The number of rotatable bonds is 6. The highest BCUT2D eigenvalue weighted by Gasteiger charge is 2.25. The van der Waals surface area contributed by atoms with Crippen LogP contribution in [0.3, 0.4) is 0 Å². The van der Waals surface area contributed by atoms with Crippen molar-refractivity contribution in [2.45, 2.75) is 16.4 Å². The van der Waals surface area contributed by atoms with Gasteiger partial charge in [-0.2, -0.15) is 5.26 Å². The first-order chi connectivity index (χ1) is 20.3. The van der Waals surface area contributed by atoms with Crippen LogP contribution in [0.2, 0.25) is 0 Å². The maximum absolute atomic E-state index is 9.28. The molecule has 0 fully saturated rings. The van der Waals surface area contributed by atoms with E-state index in [1.807, 2.05) is 12.1 Å². The predicted molar refractivity (Wildman–Crippen MR) is 175 cm³/mol. The standard InChI is InChI=1S/C39H28NS/c40-25-28-18-20-29(21-19-28)26-41(35-14-2-1-3-15-35)27-33-13-7-9-17-37(33)39-36-16-8-6-12-32(36)23-34-22-30-10-4-5-11-31(30)24-38(34)39/h1-24H,26-27H2/q+1. The molecule has 0 heterocycles. The molecule has 2 heteroatoms. The molecule has 0 bridgehead atoms. The second kappa shape index (κ2) is 11.0. The van der Waals surface area contributed by atoms with Crippen LogP contribution in [0.5, 0.6) is 0 Å². The first-order valence-electron chi connectivity index (χ1n) is 13.9. The fourth-order valence-corrected chi connectivity index (χ4v) is 8.03. The fraction of sp³-hybridized carbons (Fsp3) is 0.0513. The van der Waals surface area contributed by atoms with Crippen molar-refractivity contribution in [1.29, 1.82) is 5.26 Å². The van der Waals surface area contributed by atoms with Gasteiger partial charge in [0.25, 0.3) is 0 Å². The highest BCUT2D eigenvalue weighted by Crippen LogP contribution is 2.40.